The maximum Gasteiger partial charge on any atom is 0.231 e. The van der Waals surface area contributed by atoms with Gasteiger partial charge in [0.1, 0.15) is 0 Å². The van der Waals surface area contributed by atoms with E-state index in [1.54, 1.807) is 0 Å². The van der Waals surface area contributed by atoms with E-state index in [0.29, 0.717) is 12.0 Å². The highest BCUT2D eigenvalue weighted by molar-refractivity contribution is 5.02. The van der Waals surface area contributed by atoms with Gasteiger partial charge in [0.2, 0.25) is 5.89 Å². The Bertz CT molecular complexity index is 336. The molecule has 5 nitrogen and oxygen atoms in total. The normalized spacial score (nSPS) is 25.5. The van der Waals surface area contributed by atoms with Gasteiger partial charge in [-0.2, -0.15) is 4.98 Å². The average Bonchev–Trinajstić information content (AvgIpc) is 2.83. The zero-order chi connectivity index (χ0) is 11.5. The van der Waals surface area contributed by atoms with E-state index in [4.69, 9.17) is 4.52 Å². The number of hydrogen-bond donors (Lipinski definition) is 1. The van der Waals surface area contributed by atoms with Crippen LogP contribution in [0.15, 0.2) is 4.52 Å². The SMILES string of the molecule is CNC1CCCC1c1nc(CN(C)C)no1. The lowest BCUT2D eigenvalue weighted by Gasteiger charge is -2.14. The van der Waals surface area contributed by atoms with Crippen LogP contribution in [0.3, 0.4) is 0 Å². The number of nitrogens with one attached hydrogen (secondary N) is 1. The molecule has 0 bridgehead atoms. The van der Waals surface area contributed by atoms with Crippen molar-refractivity contribution in [1.82, 2.24) is 20.4 Å². The highest BCUT2D eigenvalue weighted by Gasteiger charge is 2.31. The lowest BCUT2D eigenvalue weighted by molar-refractivity contribution is 0.324. The molecular weight excluding hydrogens is 204 g/mol. The van der Waals surface area contributed by atoms with E-state index in [9.17, 15) is 0 Å². The molecule has 1 N–H and O–H groups in total. The standard InChI is InChI=1S/C11H20N4O/c1-12-9-6-4-5-8(9)11-13-10(14-16-11)7-15(2)3/h8-9,12H,4-7H2,1-3H3. The van der Waals surface area contributed by atoms with Crippen molar-refractivity contribution in [3.63, 3.8) is 0 Å². The molecule has 1 aliphatic rings. The van der Waals surface area contributed by atoms with Crippen molar-refractivity contribution in [3.8, 4) is 0 Å². The Kier molecular flexibility index (Phi) is 3.56. The third-order valence-electron chi connectivity index (χ3n) is 3.15. The number of rotatable bonds is 4. The molecule has 1 heterocycles. The lowest BCUT2D eigenvalue weighted by atomic mass is 10.0. The van der Waals surface area contributed by atoms with Gasteiger partial charge in [-0.15, -0.1) is 0 Å². The molecule has 1 aromatic rings. The second kappa shape index (κ2) is 4.93. The van der Waals surface area contributed by atoms with E-state index in [0.717, 1.165) is 24.7 Å². The minimum absolute atomic E-state index is 0.397. The van der Waals surface area contributed by atoms with Gasteiger partial charge in [-0.3, -0.25) is 0 Å². The Morgan fingerprint density at radius 3 is 2.94 bits per heavy atom. The average molecular weight is 224 g/mol. The first kappa shape index (κ1) is 11.5. The van der Waals surface area contributed by atoms with Crippen molar-refractivity contribution in [2.75, 3.05) is 21.1 Å². The van der Waals surface area contributed by atoms with Crippen LogP contribution in [-0.2, 0) is 6.54 Å². The molecule has 0 aromatic carbocycles. The molecule has 2 atom stereocenters. The van der Waals surface area contributed by atoms with Crippen LogP contribution in [0.25, 0.3) is 0 Å². The van der Waals surface area contributed by atoms with Gasteiger partial charge < -0.3 is 14.7 Å². The number of hydrogen-bond acceptors (Lipinski definition) is 5. The van der Waals surface area contributed by atoms with Crippen molar-refractivity contribution < 1.29 is 4.52 Å². The maximum atomic E-state index is 5.35. The van der Waals surface area contributed by atoms with E-state index in [-0.39, 0.29) is 0 Å². The molecule has 1 fully saturated rings. The monoisotopic (exact) mass is 224 g/mol. The molecule has 0 aliphatic heterocycles. The topological polar surface area (TPSA) is 54.2 Å². The first-order chi connectivity index (χ1) is 7.70. The van der Waals surface area contributed by atoms with Crippen LogP contribution in [0.1, 0.15) is 36.9 Å². The fourth-order valence-corrected chi connectivity index (χ4v) is 2.37. The molecule has 0 spiro atoms. The van der Waals surface area contributed by atoms with Gasteiger partial charge in [-0.05, 0) is 34.0 Å². The second-order valence-corrected chi connectivity index (χ2v) is 4.72. The van der Waals surface area contributed by atoms with Crippen molar-refractivity contribution in [3.05, 3.63) is 11.7 Å². The van der Waals surface area contributed by atoms with Crippen LogP contribution < -0.4 is 5.32 Å². The van der Waals surface area contributed by atoms with Crippen LogP contribution in [0.4, 0.5) is 0 Å². The minimum atomic E-state index is 0.397. The quantitative estimate of drug-likeness (QED) is 0.826. The summed E-state index contributed by atoms with van der Waals surface area (Å²) < 4.78 is 5.35. The Morgan fingerprint density at radius 2 is 2.25 bits per heavy atom. The molecule has 1 aromatic heterocycles. The molecule has 1 aliphatic carbocycles. The molecule has 0 saturated heterocycles. The number of aromatic nitrogens is 2. The molecule has 16 heavy (non-hydrogen) atoms. The van der Waals surface area contributed by atoms with Crippen molar-refractivity contribution >= 4 is 0 Å². The minimum Gasteiger partial charge on any atom is -0.339 e. The fraction of sp³-hybridized carbons (Fsp3) is 0.818. The fourth-order valence-electron chi connectivity index (χ4n) is 2.37. The summed E-state index contributed by atoms with van der Waals surface area (Å²) >= 11 is 0. The third kappa shape index (κ3) is 2.41. The van der Waals surface area contributed by atoms with E-state index in [1.807, 2.05) is 26.0 Å². The van der Waals surface area contributed by atoms with Crippen LogP contribution in [0.2, 0.25) is 0 Å². The van der Waals surface area contributed by atoms with E-state index >= 15 is 0 Å². The first-order valence-electron chi connectivity index (χ1n) is 5.85. The van der Waals surface area contributed by atoms with E-state index in [1.165, 1.54) is 12.8 Å². The highest BCUT2D eigenvalue weighted by Crippen LogP contribution is 2.33. The van der Waals surface area contributed by atoms with E-state index < -0.39 is 0 Å². The zero-order valence-corrected chi connectivity index (χ0v) is 10.2. The molecule has 2 unspecified atom stereocenters. The zero-order valence-electron chi connectivity index (χ0n) is 10.2. The molecular formula is C11H20N4O. The second-order valence-electron chi connectivity index (χ2n) is 4.72. The smallest absolute Gasteiger partial charge is 0.231 e. The van der Waals surface area contributed by atoms with Gasteiger partial charge in [0.15, 0.2) is 5.82 Å². The third-order valence-corrected chi connectivity index (χ3v) is 3.15. The molecule has 2 rings (SSSR count). The molecule has 90 valence electrons. The maximum absolute atomic E-state index is 5.35. The van der Waals surface area contributed by atoms with Crippen molar-refractivity contribution in [2.45, 2.75) is 37.8 Å². The Balaban J connectivity index is 2.06. The van der Waals surface area contributed by atoms with Gasteiger partial charge in [0.25, 0.3) is 0 Å². The summed E-state index contributed by atoms with van der Waals surface area (Å²) in [6, 6.07) is 0.493. The predicted molar refractivity (Wildman–Crippen MR) is 61.1 cm³/mol. The van der Waals surface area contributed by atoms with Gasteiger partial charge in [-0.25, -0.2) is 0 Å². The largest absolute Gasteiger partial charge is 0.339 e. The predicted octanol–water partition coefficient (Wildman–Crippen LogP) is 0.987. The summed E-state index contributed by atoms with van der Waals surface area (Å²) in [6.45, 7) is 0.737. The van der Waals surface area contributed by atoms with Gasteiger partial charge >= 0.3 is 0 Å². The Labute approximate surface area is 96.2 Å². The summed E-state index contributed by atoms with van der Waals surface area (Å²) in [6.07, 6.45) is 3.59. The summed E-state index contributed by atoms with van der Waals surface area (Å²) in [7, 11) is 6.00. The van der Waals surface area contributed by atoms with Gasteiger partial charge in [-0.1, -0.05) is 11.6 Å². The van der Waals surface area contributed by atoms with Crippen LogP contribution >= 0.6 is 0 Å². The highest BCUT2D eigenvalue weighted by atomic mass is 16.5. The summed E-state index contributed by atoms with van der Waals surface area (Å²) in [5, 5.41) is 7.34. The molecule has 5 heteroatoms. The number of nitrogens with zero attached hydrogens (tertiary/aromatic N) is 3. The summed E-state index contributed by atoms with van der Waals surface area (Å²) in [5.74, 6) is 1.98. The Hall–Kier alpha value is -0.940. The summed E-state index contributed by atoms with van der Waals surface area (Å²) in [4.78, 5) is 6.51. The van der Waals surface area contributed by atoms with Crippen molar-refractivity contribution in [2.24, 2.45) is 0 Å². The molecule has 0 amide bonds. The van der Waals surface area contributed by atoms with E-state index in [2.05, 4.69) is 15.5 Å². The van der Waals surface area contributed by atoms with Crippen LogP contribution in [-0.4, -0.2) is 42.2 Å². The van der Waals surface area contributed by atoms with Gasteiger partial charge in [0.05, 0.1) is 12.5 Å². The van der Waals surface area contributed by atoms with Gasteiger partial charge in [0, 0.05) is 6.04 Å². The van der Waals surface area contributed by atoms with Crippen LogP contribution in [0.5, 0.6) is 0 Å². The van der Waals surface area contributed by atoms with Crippen molar-refractivity contribution in [1.29, 1.82) is 0 Å². The lowest BCUT2D eigenvalue weighted by Crippen LogP contribution is -2.27. The molecule has 1 saturated carbocycles. The Morgan fingerprint density at radius 1 is 1.44 bits per heavy atom. The number of likely N-dealkylation sites (N-methyl/N-ethyl adjacent to an activating group) is 1. The summed E-state index contributed by atoms with van der Waals surface area (Å²) in [5.41, 5.74) is 0. The van der Waals surface area contributed by atoms with Crippen LogP contribution in [0, 0.1) is 0 Å². The molecule has 0 radical (unpaired) electrons. The first-order valence-corrected chi connectivity index (χ1v) is 5.85.